The van der Waals surface area contributed by atoms with Gasteiger partial charge >= 0.3 is 0 Å². The van der Waals surface area contributed by atoms with Crippen molar-refractivity contribution in [2.24, 2.45) is 11.1 Å². The van der Waals surface area contributed by atoms with Crippen LogP contribution in [0.25, 0.3) is 0 Å². The van der Waals surface area contributed by atoms with Gasteiger partial charge in [0.1, 0.15) is 0 Å². The zero-order valence-corrected chi connectivity index (χ0v) is 13.3. The van der Waals surface area contributed by atoms with E-state index < -0.39 is 6.04 Å². The van der Waals surface area contributed by atoms with E-state index in [4.69, 9.17) is 17.3 Å². The Bertz CT molecular complexity index is 446. The lowest BCUT2D eigenvalue weighted by Gasteiger charge is -2.26. The van der Waals surface area contributed by atoms with Crippen LogP contribution in [0.5, 0.6) is 0 Å². The molecule has 3 N–H and O–H groups in total. The Labute approximate surface area is 126 Å². The summed E-state index contributed by atoms with van der Waals surface area (Å²) in [5.41, 5.74) is 6.94. The number of rotatable bonds is 7. The van der Waals surface area contributed by atoms with Crippen LogP contribution in [0.2, 0.25) is 5.02 Å². The van der Waals surface area contributed by atoms with Crippen molar-refractivity contribution in [3.63, 3.8) is 0 Å². The summed E-state index contributed by atoms with van der Waals surface area (Å²) in [6.45, 7) is 6.88. The van der Waals surface area contributed by atoms with E-state index in [9.17, 15) is 4.79 Å². The molecule has 3 nitrogen and oxygen atoms in total. The Morgan fingerprint density at radius 1 is 1.45 bits per heavy atom. The molecule has 1 amide bonds. The molecule has 1 aromatic carbocycles. The van der Waals surface area contributed by atoms with Crippen molar-refractivity contribution in [2.45, 2.75) is 46.1 Å². The van der Waals surface area contributed by atoms with Crippen LogP contribution in [0.3, 0.4) is 0 Å². The molecule has 0 aliphatic carbocycles. The SMILES string of the molecule is CCCC(N)C(=O)NCC(C)(C)Cc1cccc(Cl)c1. The third kappa shape index (κ3) is 5.93. The van der Waals surface area contributed by atoms with Crippen molar-refractivity contribution in [2.75, 3.05) is 6.54 Å². The Balaban J connectivity index is 2.51. The molecule has 0 saturated heterocycles. The van der Waals surface area contributed by atoms with Gasteiger partial charge < -0.3 is 11.1 Å². The Morgan fingerprint density at radius 3 is 2.75 bits per heavy atom. The standard InChI is InChI=1S/C16H25ClN2O/c1-4-6-14(18)15(20)19-11-16(2,3)10-12-7-5-8-13(17)9-12/h5,7-9,14H,4,6,10-11,18H2,1-3H3,(H,19,20). The molecule has 0 heterocycles. The fourth-order valence-corrected chi connectivity index (χ4v) is 2.37. The third-order valence-corrected chi connectivity index (χ3v) is 3.48. The highest BCUT2D eigenvalue weighted by atomic mass is 35.5. The topological polar surface area (TPSA) is 55.1 Å². The van der Waals surface area contributed by atoms with Gasteiger partial charge in [-0.3, -0.25) is 4.79 Å². The molecule has 0 radical (unpaired) electrons. The summed E-state index contributed by atoms with van der Waals surface area (Å²) in [5, 5.41) is 3.69. The van der Waals surface area contributed by atoms with E-state index in [0.717, 1.165) is 24.3 Å². The van der Waals surface area contributed by atoms with E-state index in [-0.39, 0.29) is 11.3 Å². The van der Waals surface area contributed by atoms with Gasteiger partial charge in [0.05, 0.1) is 6.04 Å². The van der Waals surface area contributed by atoms with Crippen molar-refractivity contribution < 1.29 is 4.79 Å². The van der Waals surface area contributed by atoms with Crippen molar-refractivity contribution in [3.05, 3.63) is 34.9 Å². The van der Waals surface area contributed by atoms with Gasteiger partial charge in [0.2, 0.25) is 5.91 Å². The van der Waals surface area contributed by atoms with Crippen LogP contribution in [-0.4, -0.2) is 18.5 Å². The molecule has 1 rings (SSSR count). The zero-order valence-electron chi connectivity index (χ0n) is 12.6. The number of halogens is 1. The normalized spacial score (nSPS) is 13.1. The van der Waals surface area contributed by atoms with E-state index in [0.29, 0.717) is 6.54 Å². The van der Waals surface area contributed by atoms with Crippen molar-refractivity contribution in [3.8, 4) is 0 Å². The number of nitrogens with two attached hydrogens (primary N) is 1. The number of nitrogens with one attached hydrogen (secondary N) is 1. The van der Waals surface area contributed by atoms with Crippen molar-refractivity contribution in [1.82, 2.24) is 5.32 Å². The predicted octanol–water partition coefficient (Wildman–Crippen LogP) is 3.15. The molecule has 0 saturated carbocycles. The van der Waals surface area contributed by atoms with Crippen LogP contribution in [-0.2, 0) is 11.2 Å². The second-order valence-corrected chi connectivity index (χ2v) is 6.52. The zero-order chi connectivity index (χ0) is 15.2. The van der Waals surface area contributed by atoms with Gasteiger partial charge in [-0.2, -0.15) is 0 Å². The van der Waals surface area contributed by atoms with E-state index in [1.165, 1.54) is 5.56 Å². The summed E-state index contributed by atoms with van der Waals surface area (Å²) in [7, 11) is 0. The summed E-state index contributed by atoms with van der Waals surface area (Å²) in [5.74, 6) is -0.0639. The minimum Gasteiger partial charge on any atom is -0.354 e. The first-order valence-corrected chi connectivity index (χ1v) is 7.49. The minimum atomic E-state index is -0.401. The van der Waals surface area contributed by atoms with Gasteiger partial charge in [0.25, 0.3) is 0 Å². The Hall–Kier alpha value is -1.06. The monoisotopic (exact) mass is 296 g/mol. The lowest BCUT2D eigenvalue weighted by atomic mass is 9.85. The first kappa shape index (κ1) is 17.0. The second kappa shape index (κ2) is 7.65. The van der Waals surface area contributed by atoms with Crippen LogP contribution < -0.4 is 11.1 Å². The summed E-state index contributed by atoms with van der Waals surface area (Å²) in [4.78, 5) is 11.8. The maximum atomic E-state index is 11.8. The third-order valence-electron chi connectivity index (χ3n) is 3.25. The molecule has 20 heavy (non-hydrogen) atoms. The summed E-state index contributed by atoms with van der Waals surface area (Å²) >= 11 is 5.99. The first-order chi connectivity index (χ1) is 9.34. The highest BCUT2D eigenvalue weighted by molar-refractivity contribution is 6.30. The van der Waals surface area contributed by atoms with Crippen LogP contribution >= 0.6 is 11.6 Å². The lowest BCUT2D eigenvalue weighted by molar-refractivity contribution is -0.122. The van der Waals surface area contributed by atoms with Crippen LogP contribution in [0, 0.1) is 5.41 Å². The fraction of sp³-hybridized carbons (Fsp3) is 0.562. The number of hydrogen-bond donors (Lipinski definition) is 2. The van der Waals surface area contributed by atoms with E-state index in [1.54, 1.807) is 0 Å². The number of carbonyl (C=O) groups excluding carboxylic acids is 1. The van der Waals surface area contributed by atoms with E-state index in [2.05, 4.69) is 25.2 Å². The van der Waals surface area contributed by atoms with Crippen LogP contribution in [0.15, 0.2) is 24.3 Å². The molecule has 0 aliphatic rings. The van der Waals surface area contributed by atoms with Gasteiger partial charge in [-0.1, -0.05) is 50.9 Å². The number of carbonyl (C=O) groups is 1. The molecular weight excluding hydrogens is 272 g/mol. The highest BCUT2D eigenvalue weighted by Gasteiger charge is 2.21. The van der Waals surface area contributed by atoms with Gasteiger partial charge in [0, 0.05) is 11.6 Å². The molecule has 1 aromatic rings. The molecule has 0 aromatic heterocycles. The summed E-state index contributed by atoms with van der Waals surface area (Å²) < 4.78 is 0. The van der Waals surface area contributed by atoms with Gasteiger partial charge in [-0.25, -0.2) is 0 Å². The number of amides is 1. The average Bonchev–Trinajstić information content (AvgIpc) is 2.35. The highest BCUT2D eigenvalue weighted by Crippen LogP contribution is 2.22. The average molecular weight is 297 g/mol. The smallest absolute Gasteiger partial charge is 0.236 e. The Kier molecular flexibility index (Phi) is 6.50. The fourth-order valence-electron chi connectivity index (χ4n) is 2.16. The molecule has 4 heteroatoms. The van der Waals surface area contributed by atoms with Crippen LogP contribution in [0.1, 0.15) is 39.2 Å². The van der Waals surface area contributed by atoms with Crippen molar-refractivity contribution >= 4 is 17.5 Å². The van der Waals surface area contributed by atoms with E-state index >= 15 is 0 Å². The van der Waals surface area contributed by atoms with Crippen LogP contribution in [0.4, 0.5) is 0 Å². The van der Waals surface area contributed by atoms with Crippen molar-refractivity contribution in [1.29, 1.82) is 0 Å². The molecular formula is C16H25ClN2O. The first-order valence-electron chi connectivity index (χ1n) is 7.12. The second-order valence-electron chi connectivity index (χ2n) is 6.08. The molecule has 1 unspecified atom stereocenters. The predicted molar refractivity (Wildman–Crippen MR) is 84.8 cm³/mol. The van der Waals surface area contributed by atoms with Gasteiger partial charge in [-0.05, 0) is 36.0 Å². The Morgan fingerprint density at radius 2 is 2.15 bits per heavy atom. The molecule has 0 fully saturated rings. The maximum Gasteiger partial charge on any atom is 0.236 e. The number of benzene rings is 1. The molecule has 0 spiro atoms. The summed E-state index contributed by atoms with van der Waals surface area (Å²) in [6, 6.07) is 7.43. The van der Waals surface area contributed by atoms with Gasteiger partial charge in [-0.15, -0.1) is 0 Å². The number of hydrogen-bond acceptors (Lipinski definition) is 2. The summed E-state index contributed by atoms with van der Waals surface area (Å²) in [6.07, 6.45) is 2.50. The molecule has 112 valence electrons. The molecule has 0 bridgehead atoms. The molecule has 1 atom stereocenters. The largest absolute Gasteiger partial charge is 0.354 e. The minimum absolute atomic E-state index is 0.0354. The van der Waals surface area contributed by atoms with Gasteiger partial charge in [0.15, 0.2) is 0 Å². The quantitative estimate of drug-likeness (QED) is 0.812. The lowest BCUT2D eigenvalue weighted by Crippen LogP contribution is -2.44. The van der Waals surface area contributed by atoms with E-state index in [1.807, 2.05) is 25.1 Å². The maximum absolute atomic E-state index is 11.8. The molecule has 0 aliphatic heterocycles.